The molecule has 2 atom stereocenters. The van der Waals surface area contributed by atoms with E-state index in [1.54, 1.807) is 13.0 Å². The Bertz CT molecular complexity index is 669. The molecular formula is C14H18FN3O4. The summed E-state index contributed by atoms with van der Waals surface area (Å²) in [6.45, 7) is 1.12. The van der Waals surface area contributed by atoms with Crippen molar-refractivity contribution >= 4 is 5.82 Å². The largest absolute Gasteiger partial charge is 0.396 e. The minimum atomic E-state index is -0.901. The number of nitrogens with zero attached hydrogens (tertiary/aromatic N) is 2. The summed E-state index contributed by atoms with van der Waals surface area (Å²) >= 11 is 0. The molecule has 2 heterocycles. The molecule has 4 N–H and O–H groups in total. The van der Waals surface area contributed by atoms with Crippen LogP contribution in [-0.4, -0.2) is 39.1 Å². The van der Waals surface area contributed by atoms with Gasteiger partial charge in [0.25, 0.3) is 0 Å². The third kappa shape index (κ3) is 2.80. The van der Waals surface area contributed by atoms with E-state index < -0.39 is 24.6 Å². The summed E-state index contributed by atoms with van der Waals surface area (Å²) < 4.78 is 19.8. The van der Waals surface area contributed by atoms with Crippen LogP contribution in [0.4, 0.5) is 10.2 Å². The number of aromatic nitrogens is 2. The second kappa shape index (κ2) is 6.82. The zero-order chi connectivity index (χ0) is 16.3. The number of halogens is 1. The Morgan fingerprint density at radius 2 is 2.23 bits per heavy atom. The monoisotopic (exact) mass is 311 g/mol. The molecule has 1 aliphatic heterocycles. The third-order valence-electron chi connectivity index (χ3n) is 3.53. The lowest BCUT2D eigenvalue weighted by Crippen LogP contribution is -2.29. The first kappa shape index (κ1) is 16.3. The van der Waals surface area contributed by atoms with Gasteiger partial charge in [-0.1, -0.05) is 6.08 Å². The maximum Gasteiger partial charge on any atom is 0.351 e. The highest BCUT2D eigenvalue weighted by molar-refractivity contribution is 5.41. The molecule has 8 heteroatoms. The van der Waals surface area contributed by atoms with Gasteiger partial charge in [-0.05, 0) is 6.92 Å². The number of ether oxygens (including phenoxy) is 1. The Labute approximate surface area is 126 Å². The van der Waals surface area contributed by atoms with E-state index in [0.29, 0.717) is 17.5 Å². The normalized spacial score (nSPS) is 25.3. The molecule has 1 aliphatic rings. The van der Waals surface area contributed by atoms with Gasteiger partial charge in [0.05, 0.1) is 12.9 Å². The molecular weight excluding hydrogens is 293 g/mol. The smallest absolute Gasteiger partial charge is 0.351 e. The van der Waals surface area contributed by atoms with Crippen molar-refractivity contribution < 1.29 is 19.3 Å². The molecule has 0 aliphatic carbocycles. The molecule has 2 unspecified atom stereocenters. The van der Waals surface area contributed by atoms with Gasteiger partial charge in [-0.2, -0.15) is 4.98 Å². The van der Waals surface area contributed by atoms with Crippen molar-refractivity contribution in [1.82, 2.24) is 9.55 Å². The minimum Gasteiger partial charge on any atom is -0.396 e. The van der Waals surface area contributed by atoms with Crippen LogP contribution in [-0.2, 0) is 11.2 Å². The fraction of sp³-hybridized carbons (Fsp3) is 0.429. The van der Waals surface area contributed by atoms with Crippen LogP contribution in [0.2, 0.25) is 0 Å². The predicted octanol–water partition coefficient (Wildman–Crippen LogP) is 0.0497. The highest BCUT2D eigenvalue weighted by Crippen LogP contribution is 2.37. The Hall–Kier alpha value is -2.03. The van der Waals surface area contributed by atoms with Gasteiger partial charge in [-0.15, -0.1) is 0 Å². The van der Waals surface area contributed by atoms with Gasteiger partial charge in [0, 0.05) is 35.9 Å². The van der Waals surface area contributed by atoms with Crippen LogP contribution in [0.3, 0.4) is 0 Å². The quantitative estimate of drug-likeness (QED) is 0.724. The predicted molar refractivity (Wildman–Crippen MR) is 77.6 cm³/mol. The lowest BCUT2D eigenvalue weighted by molar-refractivity contribution is -0.00845. The highest BCUT2D eigenvalue weighted by Gasteiger charge is 2.36. The standard InChI is InChI=1S/C14H18FN3O4/c1-2-9-10(5-15)11(7-20)22-13(9)18-6-8(3-4-19)12(16)17-14(18)21/h2,5-6,11,13,19-20H,3-4,7H2,1H3,(H2,16,17,21)/b9-2+,10-5+. The first-order valence-corrected chi connectivity index (χ1v) is 6.78. The van der Waals surface area contributed by atoms with E-state index in [1.165, 1.54) is 10.8 Å². The lowest BCUT2D eigenvalue weighted by atomic mass is 10.0. The zero-order valence-corrected chi connectivity index (χ0v) is 12.1. The van der Waals surface area contributed by atoms with E-state index in [4.69, 9.17) is 15.6 Å². The molecule has 7 nitrogen and oxygen atoms in total. The lowest BCUT2D eigenvalue weighted by Gasteiger charge is -2.17. The maximum absolute atomic E-state index is 13.1. The molecule has 0 radical (unpaired) electrons. The number of nitrogens with two attached hydrogens (primary N) is 1. The average Bonchev–Trinajstić information content (AvgIpc) is 2.87. The Morgan fingerprint density at radius 3 is 2.77 bits per heavy atom. The first-order valence-electron chi connectivity index (χ1n) is 6.78. The number of rotatable bonds is 4. The van der Waals surface area contributed by atoms with Crippen LogP contribution in [0.15, 0.2) is 34.5 Å². The van der Waals surface area contributed by atoms with Gasteiger partial charge in [-0.25, -0.2) is 9.18 Å². The van der Waals surface area contributed by atoms with Crippen LogP contribution in [0.25, 0.3) is 0 Å². The van der Waals surface area contributed by atoms with Crippen LogP contribution >= 0.6 is 0 Å². The maximum atomic E-state index is 13.1. The van der Waals surface area contributed by atoms with Gasteiger partial charge in [0.2, 0.25) is 0 Å². The van der Waals surface area contributed by atoms with E-state index >= 15 is 0 Å². The van der Waals surface area contributed by atoms with Crippen molar-refractivity contribution in [2.45, 2.75) is 25.7 Å². The van der Waals surface area contributed by atoms with Crippen LogP contribution in [0.5, 0.6) is 0 Å². The Kier molecular flexibility index (Phi) is 5.07. The van der Waals surface area contributed by atoms with Gasteiger partial charge in [-0.3, -0.25) is 4.57 Å². The summed E-state index contributed by atoms with van der Waals surface area (Å²) in [5, 5.41) is 18.3. The topological polar surface area (TPSA) is 111 Å². The summed E-state index contributed by atoms with van der Waals surface area (Å²) in [6, 6.07) is 0. The van der Waals surface area contributed by atoms with Crippen molar-refractivity contribution in [1.29, 1.82) is 0 Å². The van der Waals surface area contributed by atoms with Crippen LogP contribution < -0.4 is 11.4 Å². The van der Waals surface area contributed by atoms with E-state index in [2.05, 4.69) is 4.98 Å². The second-order valence-corrected chi connectivity index (χ2v) is 4.78. The molecule has 2 rings (SSSR count). The number of aliphatic hydroxyl groups is 2. The Morgan fingerprint density at radius 1 is 1.50 bits per heavy atom. The van der Waals surface area contributed by atoms with Crippen molar-refractivity contribution in [3.05, 3.63) is 45.8 Å². The number of nitrogen functional groups attached to an aromatic ring is 1. The average molecular weight is 311 g/mol. The molecule has 1 aromatic rings. The van der Waals surface area contributed by atoms with Crippen molar-refractivity contribution in [2.24, 2.45) is 0 Å². The molecule has 120 valence electrons. The van der Waals surface area contributed by atoms with Gasteiger partial charge >= 0.3 is 5.69 Å². The number of hydrogen-bond donors (Lipinski definition) is 3. The molecule has 22 heavy (non-hydrogen) atoms. The fourth-order valence-corrected chi connectivity index (χ4v) is 2.43. The minimum absolute atomic E-state index is 0.0373. The third-order valence-corrected chi connectivity index (χ3v) is 3.53. The summed E-state index contributed by atoms with van der Waals surface area (Å²) in [6.07, 6.45) is 1.88. The summed E-state index contributed by atoms with van der Waals surface area (Å²) in [4.78, 5) is 15.8. The number of allylic oxidation sites excluding steroid dienone is 1. The number of anilines is 1. The van der Waals surface area contributed by atoms with E-state index in [0.717, 1.165) is 0 Å². The molecule has 0 spiro atoms. The summed E-state index contributed by atoms with van der Waals surface area (Å²) in [5.74, 6) is 0.0373. The zero-order valence-electron chi connectivity index (χ0n) is 12.1. The second-order valence-electron chi connectivity index (χ2n) is 4.78. The van der Waals surface area contributed by atoms with E-state index in [-0.39, 0.29) is 24.4 Å². The van der Waals surface area contributed by atoms with Crippen LogP contribution in [0.1, 0.15) is 18.7 Å². The SMILES string of the molecule is C/C=C1\C(=C/F)C(CO)OC1n1cc(CCO)c(N)nc1=O. The van der Waals surface area contributed by atoms with Gasteiger partial charge in [0.15, 0.2) is 6.23 Å². The molecule has 1 aromatic heterocycles. The molecule has 0 bridgehead atoms. The van der Waals surface area contributed by atoms with Crippen LogP contribution in [0, 0.1) is 0 Å². The molecule has 0 amide bonds. The highest BCUT2D eigenvalue weighted by atomic mass is 19.1. The molecule has 0 aromatic carbocycles. The first-order chi connectivity index (χ1) is 10.6. The van der Waals surface area contributed by atoms with E-state index in [1.807, 2.05) is 0 Å². The fourth-order valence-electron chi connectivity index (χ4n) is 2.43. The number of aliphatic hydroxyl groups excluding tert-OH is 2. The summed E-state index contributed by atoms with van der Waals surface area (Å²) in [7, 11) is 0. The van der Waals surface area contributed by atoms with Crippen molar-refractivity contribution in [2.75, 3.05) is 18.9 Å². The van der Waals surface area contributed by atoms with Gasteiger partial charge in [0.1, 0.15) is 11.9 Å². The molecule has 1 saturated heterocycles. The van der Waals surface area contributed by atoms with Gasteiger partial charge < -0.3 is 20.7 Å². The molecule has 1 fully saturated rings. The van der Waals surface area contributed by atoms with Crippen molar-refractivity contribution in [3.8, 4) is 0 Å². The Balaban J connectivity index is 2.52. The summed E-state index contributed by atoms with van der Waals surface area (Å²) in [5.41, 5.74) is 6.10. The van der Waals surface area contributed by atoms with Crippen molar-refractivity contribution in [3.63, 3.8) is 0 Å². The molecule has 0 saturated carbocycles. The number of hydrogen-bond acceptors (Lipinski definition) is 6. The van der Waals surface area contributed by atoms with E-state index in [9.17, 15) is 14.3 Å².